The summed E-state index contributed by atoms with van der Waals surface area (Å²) in [6, 6.07) is 4.15. The Morgan fingerprint density at radius 1 is 1.54 bits per heavy atom. The summed E-state index contributed by atoms with van der Waals surface area (Å²) in [7, 11) is 0. The maximum atomic E-state index is 9.88. The van der Waals surface area contributed by atoms with Gasteiger partial charge in [-0.15, -0.1) is 11.3 Å². The summed E-state index contributed by atoms with van der Waals surface area (Å²) < 4.78 is 0. The molecule has 0 aliphatic heterocycles. The Morgan fingerprint density at radius 2 is 2.31 bits per heavy atom. The van der Waals surface area contributed by atoms with Gasteiger partial charge in [-0.25, -0.2) is 0 Å². The second kappa shape index (κ2) is 3.81. The van der Waals surface area contributed by atoms with E-state index in [0.29, 0.717) is 0 Å². The molecule has 1 aliphatic carbocycles. The van der Waals surface area contributed by atoms with E-state index in [1.165, 1.54) is 24.1 Å². The fourth-order valence-corrected chi connectivity index (χ4v) is 2.67. The maximum Gasteiger partial charge on any atom is 0.0884 e. The number of hydrogen-bond acceptors (Lipinski definition) is 2. The molecule has 1 aromatic heterocycles. The first-order valence-corrected chi connectivity index (χ1v) is 5.82. The van der Waals surface area contributed by atoms with E-state index in [-0.39, 0.29) is 6.10 Å². The molecule has 1 unspecified atom stereocenters. The zero-order valence-electron chi connectivity index (χ0n) is 7.99. The van der Waals surface area contributed by atoms with Crippen LogP contribution in [0, 0.1) is 12.8 Å². The Kier molecular flexibility index (Phi) is 2.70. The molecule has 1 saturated carbocycles. The third-order valence-electron chi connectivity index (χ3n) is 2.87. The predicted octanol–water partition coefficient (Wildman–Crippen LogP) is 3.28. The highest BCUT2D eigenvalue weighted by atomic mass is 32.1. The molecule has 1 fully saturated rings. The van der Waals surface area contributed by atoms with E-state index < -0.39 is 0 Å². The second-order valence-electron chi connectivity index (χ2n) is 4.00. The zero-order chi connectivity index (χ0) is 9.26. The van der Waals surface area contributed by atoms with Crippen LogP contribution in [0.2, 0.25) is 0 Å². The molecule has 1 N–H and O–H groups in total. The molecular formula is C11H16OS. The van der Waals surface area contributed by atoms with Crippen molar-refractivity contribution in [2.24, 2.45) is 5.92 Å². The van der Waals surface area contributed by atoms with Gasteiger partial charge in [0.15, 0.2) is 0 Å². The summed E-state index contributed by atoms with van der Waals surface area (Å²) >= 11 is 1.72. The minimum absolute atomic E-state index is 0.205. The molecule has 1 atom stereocenters. The lowest BCUT2D eigenvalue weighted by molar-refractivity contribution is 0.121. The average molecular weight is 196 g/mol. The van der Waals surface area contributed by atoms with Crippen LogP contribution in [-0.4, -0.2) is 5.11 Å². The van der Waals surface area contributed by atoms with Gasteiger partial charge in [-0.2, -0.15) is 0 Å². The molecule has 1 aliphatic rings. The van der Waals surface area contributed by atoms with Crippen molar-refractivity contribution < 1.29 is 5.11 Å². The summed E-state index contributed by atoms with van der Waals surface area (Å²) in [5.74, 6) is 0.789. The monoisotopic (exact) mass is 196 g/mol. The molecule has 0 saturated heterocycles. The van der Waals surface area contributed by atoms with Gasteiger partial charge in [0.25, 0.3) is 0 Å². The Bertz CT molecular complexity index is 275. The minimum Gasteiger partial charge on any atom is -0.388 e. The first kappa shape index (κ1) is 9.22. The second-order valence-corrected chi connectivity index (χ2v) is 5.32. The fourth-order valence-electron chi connectivity index (χ4n) is 1.79. The van der Waals surface area contributed by atoms with Crippen molar-refractivity contribution in [3.63, 3.8) is 0 Å². The van der Waals surface area contributed by atoms with Crippen molar-refractivity contribution >= 4 is 11.3 Å². The van der Waals surface area contributed by atoms with Gasteiger partial charge in [0, 0.05) is 9.75 Å². The van der Waals surface area contributed by atoms with E-state index in [0.717, 1.165) is 17.2 Å². The molecule has 2 heteroatoms. The van der Waals surface area contributed by atoms with Crippen molar-refractivity contribution in [3.05, 3.63) is 21.9 Å². The predicted molar refractivity (Wildman–Crippen MR) is 56.0 cm³/mol. The normalized spacial score (nSPS) is 19.8. The Morgan fingerprint density at radius 3 is 2.77 bits per heavy atom. The van der Waals surface area contributed by atoms with E-state index in [4.69, 9.17) is 0 Å². The minimum atomic E-state index is -0.205. The van der Waals surface area contributed by atoms with Crippen molar-refractivity contribution in [2.75, 3.05) is 0 Å². The van der Waals surface area contributed by atoms with Gasteiger partial charge in [-0.3, -0.25) is 0 Å². The maximum absolute atomic E-state index is 9.88. The summed E-state index contributed by atoms with van der Waals surface area (Å²) in [5, 5.41) is 9.88. The van der Waals surface area contributed by atoms with Gasteiger partial charge in [0.1, 0.15) is 0 Å². The van der Waals surface area contributed by atoms with E-state index in [1.54, 1.807) is 11.3 Å². The molecule has 2 rings (SSSR count). The summed E-state index contributed by atoms with van der Waals surface area (Å²) in [5.41, 5.74) is 0. The van der Waals surface area contributed by atoms with E-state index in [2.05, 4.69) is 19.1 Å². The van der Waals surface area contributed by atoms with Gasteiger partial charge in [-0.05, 0) is 31.4 Å². The van der Waals surface area contributed by atoms with Crippen molar-refractivity contribution in [3.8, 4) is 0 Å². The molecule has 0 aromatic carbocycles. The third kappa shape index (κ3) is 2.12. The van der Waals surface area contributed by atoms with Gasteiger partial charge in [0.2, 0.25) is 0 Å². The number of aliphatic hydroxyl groups is 1. The van der Waals surface area contributed by atoms with Crippen molar-refractivity contribution in [1.82, 2.24) is 0 Å². The molecule has 0 spiro atoms. The van der Waals surface area contributed by atoms with Crippen LogP contribution in [0.25, 0.3) is 0 Å². The number of aryl methyl sites for hydroxylation is 1. The zero-order valence-corrected chi connectivity index (χ0v) is 8.81. The van der Waals surface area contributed by atoms with Crippen LogP contribution in [-0.2, 0) is 0 Å². The number of aliphatic hydroxyl groups excluding tert-OH is 1. The lowest BCUT2D eigenvalue weighted by Crippen LogP contribution is -2.14. The molecule has 0 bridgehead atoms. The highest BCUT2D eigenvalue weighted by molar-refractivity contribution is 7.11. The van der Waals surface area contributed by atoms with Crippen molar-refractivity contribution in [2.45, 2.75) is 38.7 Å². The van der Waals surface area contributed by atoms with E-state index in [1.807, 2.05) is 0 Å². The molecule has 13 heavy (non-hydrogen) atoms. The number of thiophene rings is 1. The highest BCUT2D eigenvalue weighted by Crippen LogP contribution is 2.36. The van der Waals surface area contributed by atoms with E-state index >= 15 is 0 Å². The van der Waals surface area contributed by atoms with Crippen LogP contribution >= 0.6 is 11.3 Å². The van der Waals surface area contributed by atoms with Crippen molar-refractivity contribution in [1.29, 1.82) is 0 Å². The first-order chi connectivity index (χ1) is 6.25. The molecular weight excluding hydrogens is 180 g/mol. The molecule has 72 valence electrons. The SMILES string of the molecule is Cc1ccc(C(O)CC2CCC2)s1. The van der Waals surface area contributed by atoms with Gasteiger partial charge >= 0.3 is 0 Å². The Balaban J connectivity index is 1.92. The van der Waals surface area contributed by atoms with Crippen LogP contribution in [0.15, 0.2) is 12.1 Å². The van der Waals surface area contributed by atoms with E-state index in [9.17, 15) is 5.11 Å². The summed E-state index contributed by atoms with van der Waals surface area (Å²) in [6.45, 7) is 2.09. The third-order valence-corrected chi connectivity index (χ3v) is 3.97. The first-order valence-electron chi connectivity index (χ1n) is 5.00. The highest BCUT2D eigenvalue weighted by Gasteiger charge is 2.22. The van der Waals surface area contributed by atoms with Crippen LogP contribution in [0.5, 0.6) is 0 Å². The standard InChI is InChI=1S/C11H16OS/c1-8-5-6-11(13-8)10(12)7-9-3-2-4-9/h5-6,9-10,12H,2-4,7H2,1H3. The van der Waals surface area contributed by atoms with Crippen LogP contribution in [0.4, 0.5) is 0 Å². The fraction of sp³-hybridized carbons (Fsp3) is 0.636. The van der Waals surface area contributed by atoms with Crippen LogP contribution in [0.1, 0.15) is 41.5 Å². The lowest BCUT2D eigenvalue weighted by atomic mass is 9.81. The molecule has 0 radical (unpaired) electrons. The summed E-state index contributed by atoms with van der Waals surface area (Å²) in [6.07, 6.45) is 4.77. The van der Waals surface area contributed by atoms with Crippen LogP contribution < -0.4 is 0 Å². The molecule has 1 nitrogen and oxygen atoms in total. The smallest absolute Gasteiger partial charge is 0.0884 e. The van der Waals surface area contributed by atoms with Gasteiger partial charge < -0.3 is 5.11 Å². The number of hydrogen-bond donors (Lipinski definition) is 1. The largest absolute Gasteiger partial charge is 0.388 e. The van der Waals surface area contributed by atoms with Crippen LogP contribution in [0.3, 0.4) is 0 Å². The lowest BCUT2D eigenvalue weighted by Gasteiger charge is -2.27. The summed E-state index contributed by atoms with van der Waals surface area (Å²) in [4.78, 5) is 2.44. The molecule has 0 amide bonds. The quantitative estimate of drug-likeness (QED) is 0.786. The molecule has 1 heterocycles. The Hall–Kier alpha value is -0.340. The molecule has 1 aromatic rings. The average Bonchev–Trinajstić information content (AvgIpc) is 2.44. The Labute approximate surface area is 83.4 Å². The number of rotatable bonds is 3. The van der Waals surface area contributed by atoms with Gasteiger partial charge in [-0.1, -0.05) is 19.3 Å². The topological polar surface area (TPSA) is 20.2 Å². The van der Waals surface area contributed by atoms with Gasteiger partial charge in [0.05, 0.1) is 6.10 Å².